The van der Waals surface area contributed by atoms with E-state index in [1.807, 2.05) is 6.92 Å². The highest BCUT2D eigenvalue weighted by Gasteiger charge is 2.19. The minimum absolute atomic E-state index is 0.0171. The Labute approximate surface area is 103 Å². The second kappa shape index (κ2) is 6.11. The Balaban J connectivity index is 2.95. The van der Waals surface area contributed by atoms with Gasteiger partial charge in [0.05, 0.1) is 4.47 Å². The van der Waals surface area contributed by atoms with Gasteiger partial charge in [-0.25, -0.2) is 4.39 Å². The van der Waals surface area contributed by atoms with Crippen molar-refractivity contribution in [2.45, 2.75) is 25.9 Å². The molecule has 1 unspecified atom stereocenters. The summed E-state index contributed by atoms with van der Waals surface area (Å²) in [5.74, 6) is -0.329. The maximum absolute atomic E-state index is 13.0. The molecule has 0 saturated carbocycles. The first-order valence-corrected chi connectivity index (χ1v) is 5.90. The molecule has 0 N–H and O–H groups in total. The molecule has 16 heavy (non-hydrogen) atoms. The van der Waals surface area contributed by atoms with Gasteiger partial charge in [-0.3, -0.25) is 4.79 Å². The lowest BCUT2D eigenvalue weighted by atomic mass is 10.0. The van der Waals surface area contributed by atoms with E-state index in [4.69, 9.17) is 4.74 Å². The van der Waals surface area contributed by atoms with Crippen molar-refractivity contribution in [1.29, 1.82) is 0 Å². The van der Waals surface area contributed by atoms with Crippen molar-refractivity contribution >= 4 is 21.7 Å². The van der Waals surface area contributed by atoms with Crippen molar-refractivity contribution in [3.8, 4) is 0 Å². The Kier molecular flexibility index (Phi) is 5.09. The fraction of sp³-hybridized carbons (Fsp3) is 0.417. The SMILES string of the molecule is CCCC(=O)C(OC)c1ccc(F)c(Br)c1. The summed E-state index contributed by atoms with van der Waals surface area (Å²) in [6.07, 6.45) is 0.644. The predicted octanol–water partition coefficient (Wildman–Crippen LogP) is 3.64. The van der Waals surface area contributed by atoms with Crippen molar-refractivity contribution in [2.75, 3.05) is 7.11 Å². The van der Waals surface area contributed by atoms with Crippen LogP contribution in [0.1, 0.15) is 31.4 Å². The van der Waals surface area contributed by atoms with E-state index in [0.29, 0.717) is 16.5 Å². The van der Waals surface area contributed by atoms with Crippen molar-refractivity contribution in [1.82, 2.24) is 0 Å². The monoisotopic (exact) mass is 288 g/mol. The molecule has 0 aliphatic heterocycles. The van der Waals surface area contributed by atoms with E-state index in [1.54, 1.807) is 12.1 Å². The van der Waals surface area contributed by atoms with Crippen LogP contribution in [-0.2, 0) is 9.53 Å². The summed E-state index contributed by atoms with van der Waals surface area (Å²) in [6.45, 7) is 1.94. The minimum Gasteiger partial charge on any atom is -0.369 e. The van der Waals surface area contributed by atoms with Crippen molar-refractivity contribution in [2.24, 2.45) is 0 Å². The van der Waals surface area contributed by atoms with Crippen LogP contribution in [0.4, 0.5) is 4.39 Å². The third-order valence-electron chi connectivity index (χ3n) is 2.27. The van der Waals surface area contributed by atoms with Crippen LogP contribution in [0, 0.1) is 5.82 Å². The number of hydrogen-bond donors (Lipinski definition) is 0. The average Bonchev–Trinajstić information content (AvgIpc) is 2.25. The number of methoxy groups -OCH3 is 1. The maximum atomic E-state index is 13.0. The summed E-state index contributed by atoms with van der Waals surface area (Å²) < 4.78 is 18.5. The normalized spacial score (nSPS) is 12.5. The van der Waals surface area contributed by atoms with Gasteiger partial charge < -0.3 is 4.74 Å². The average molecular weight is 289 g/mol. The number of ether oxygens (including phenoxy) is 1. The van der Waals surface area contributed by atoms with Crippen LogP contribution in [0.15, 0.2) is 22.7 Å². The Morgan fingerprint density at radius 3 is 2.75 bits per heavy atom. The molecule has 0 bridgehead atoms. The molecule has 1 atom stereocenters. The summed E-state index contributed by atoms with van der Waals surface area (Å²) in [4.78, 5) is 11.7. The van der Waals surface area contributed by atoms with Gasteiger partial charge in [-0.1, -0.05) is 13.0 Å². The summed E-state index contributed by atoms with van der Waals surface area (Å²) in [5, 5.41) is 0. The van der Waals surface area contributed by atoms with Crippen LogP contribution >= 0.6 is 15.9 Å². The summed E-state index contributed by atoms with van der Waals surface area (Å²) in [7, 11) is 1.48. The molecule has 1 aromatic rings. The zero-order chi connectivity index (χ0) is 12.1. The fourth-order valence-corrected chi connectivity index (χ4v) is 1.90. The van der Waals surface area contributed by atoms with Crippen LogP contribution in [-0.4, -0.2) is 12.9 Å². The molecule has 0 aliphatic carbocycles. The van der Waals surface area contributed by atoms with Gasteiger partial charge in [0, 0.05) is 13.5 Å². The number of halogens is 2. The lowest BCUT2D eigenvalue weighted by Crippen LogP contribution is -2.14. The molecule has 2 nitrogen and oxygen atoms in total. The van der Waals surface area contributed by atoms with Gasteiger partial charge in [-0.15, -0.1) is 0 Å². The Hall–Kier alpha value is -0.740. The van der Waals surface area contributed by atoms with E-state index in [1.165, 1.54) is 13.2 Å². The molecule has 4 heteroatoms. The van der Waals surface area contributed by atoms with E-state index >= 15 is 0 Å². The lowest BCUT2D eigenvalue weighted by molar-refractivity contribution is -0.129. The molecule has 0 radical (unpaired) electrons. The van der Waals surface area contributed by atoms with E-state index < -0.39 is 6.10 Å². The zero-order valence-electron chi connectivity index (χ0n) is 9.30. The van der Waals surface area contributed by atoms with Gasteiger partial charge in [-0.2, -0.15) is 0 Å². The molecule has 0 saturated heterocycles. The van der Waals surface area contributed by atoms with Crippen molar-refractivity contribution < 1.29 is 13.9 Å². The number of ketones is 1. The van der Waals surface area contributed by atoms with Gasteiger partial charge in [-0.05, 0) is 40.0 Å². The Morgan fingerprint density at radius 2 is 2.25 bits per heavy atom. The third kappa shape index (κ3) is 3.12. The van der Waals surface area contributed by atoms with Crippen LogP contribution < -0.4 is 0 Å². The highest BCUT2D eigenvalue weighted by molar-refractivity contribution is 9.10. The smallest absolute Gasteiger partial charge is 0.166 e. The highest BCUT2D eigenvalue weighted by atomic mass is 79.9. The van der Waals surface area contributed by atoms with Crippen LogP contribution in [0.5, 0.6) is 0 Å². The summed E-state index contributed by atoms with van der Waals surface area (Å²) in [5.41, 5.74) is 0.675. The molecule has 0 aliphatic rings. The second-order valence-corrected chi connectivity index (χ2v) is 4.36. The maximum Gasteiger partial charge on any atom is 0.166 e. The quantitative estimate of drug-likeness (QED) is 0.827. The highest BCUT2D eigenvalue weighted by Crippen LogP contribution is 2.24. The van der Waals surface area contributed by atoms with Crippen LogP contribution in [0.2, 0.25) is 0 Å². The molecular formula is C12H14BrFO2. The largest absolute Gasteiger partial charge is 0.369 e. The zero-order valence-corrected chi connectivity index (χ0v) is 10.9. The number of carbonyl (C=O) groups is 1. The van der Waals surface area contributed by atoms with Crippen LogP contribution in [0.25, 0.3) is 0 Å². The second-order valence-electron chi connectivity index (χ2n) is 3.51. The molecule has 88 valence electrons. The van der Waals surface area contributed by atoms with Crippen molar-refractivity contribution in [3.63, 3.8) is 0 Å². The number of Topliss-reactive ketones (excluding diaryl/α,β-unsaturated/α-hetero) is 1. The van der Waals surface area contributed by atoms with Gasteiger partial charge in [0.2, 0.25) is 0 Å². The van der Waals surface area contributed by atoms with Gasteiger partial charge >= 0.3 is 0 Å². The van der Waals surface area contributed by atoms with Gasteiger partial charge in [0.1, 0.15) is 11.9 Å². The lowest BCUT2D eigenvalue weighted by Gasteiger charge is -2.14. The number of benzene rings is 1. The topological polar surface area (TPSA) is 26.3 Å². The molecule has 0 amide bonds. The Bertz CT molecular complexity index is 379. The number of carbonyl (C=O) groups excluding carboxylic acids is 1. The van der Waals surface area contributed by atoms with E-state index in [0.717, 1.165) is 6.42 Å². The van der Waals surface area contributed by atoms with Gasteiger partial charge in [0.15, 0.2) is 5.78 Å². The van der Waals surface area contributed by atoms with E-state index in [2.05, 4.69) is 15.9 Å². The first-order chi connectivity index (χ1) is 7.60. The first kappa shape index (κ1) is 13.3. The van der Waals surface area contributed by atoms with Gasteiger partial charge in [0.25, 0.3) is 0 Å². The molecule has 0 fully saturated rings. The standard InChI is InChI=1S/C12H14BrFO2/c1-3-4-11(15)12(16-2)8-5-6-10(14)9(13)7-8/h5-7,12H,3-4H2,1-2H3. The molecule has 1 aromatic carbocycles. The predicted molar refractivity (Wildman–Crippen MR) is 63.8 cm³/mol. The summed E-state index contributed by atoms with van der Waals surface area (Å²) in [6, 6.07) is 4.48. The molecule has 1 rings (SSSR count). The number of rotatable bonds is 5. The van der Waals surface area contributed by atoms with Crippen molar-refractivity contribution in [3.05, 3.63) is 34.1 Å². The Morgan fingerprint density at radius 1 is 1.56 bits per heavy atom. The first-order valence-electron chi connectivity index (χ1n) is 5.10. The van der Waals surface area contributed by atoms with Crippen LogP contribution in [0.3, 0.4) is 0 Å². The third-order valence-corrected chi connectivity index (χ3v) is 2.88. The molecule has 0 aromatic heterocycles. The fourth-order valence-electron chi connectivity index (χ4n) is 1.51. The van der Waals surface area contributed by atoms with E-state index in [9.17, 15) is 9.18 Å². The minimum atomic E-state index is -0.600. The molecule has 0 spiro atoms. The molecule has 0 heterocycles. The number of hydrogen-bond acceptors (Lipinski definition) is 2. The summed E-state index contributed by atoms with van der Waals surface area (Å²) >= 11 is 3.09. The molecular weight excluding hydrogens is 275 g/mol. The van der Waals surface area contributed by atoms with E-state index in [-0.39, 0.29) is 11.6 Å².